The average molecular weight is 360 g/mol. The predicted molar refractivity (Wildman–Crippen MR) is 95.1 cm³/mol. The highest BCUT2D eigenvalue weighted by Crippen LogP contribution is 2.30. The van der Waals surface area contributed by atoms with Crippen molar-refractivity contribution in [2.45, 2.75) is 6.10 Å². The third kappa shape index (κ3) is 4.71. The summed E-state index contributed by atoms with van der Waals surface area (Å²) in [5.41, 5.74) is 0.452. The topological polar surface area (TPSA) is 60.0 Å². The molecule has 3 rings (SSSR count). The molecule has 0 bridgehead atoms. The molecule has 1 unspecified atom stereocenters. The summed E-state index contributed by atoms with van der Waals surface area (Å²) in [5, 5.41) is 2.78. The number of rotatable bonds is 5. The van der Waals surface area contributed by atoms with Gasteiger partial charge in [-0.2, -0.15) is 0 Å². The molecule has 0 spiro atoms. The van der Waals surface area contributed by atoms with Crippen molar-refractivity contribution in [1.29, 1.82) is 0 Å². The zero-order valence-electron chi connectivity index (χ0n) is 14.5. The Bertz CT molecular complexity index is 750. The molecule has 1 aliphatic rings. The number of carbonyl (C=O) groups is 1. The number of carbonyl (C=O) groups excluding carboxylic acids is 1. The van der Waals surface area contributed by atoms with Crippen LogP contribution in [-0.2, 0) is 9.47 Å². The molecule has 1 heterocycles. The summed E-state index contributed by atoms with van der Waals surface area (Å²) in [5.74, 6) is -0.0212. The fourth-order valence-electron chi connectivity index (χ4n) is 2.55. The van der Waals surface area contributed by atoms with Gasteiger partial charge in [-0.3, -0.25) is 0 Å². The first-order chi connectivity index (χ1) is 12.6. The lowest BCUT2D eigenvalue weighted by atomic mass is 10.3. The number of hydrogen-bond acceptors (Lipinski definition) is 4. The number of anilines is 1. The van der Waals surface area contributed by atoms with E-state index in [0.717, 1.165) is 0 Å². The Balaban J connectivity index is 1.65. The maximum absolute atomic E-state index is 13.8. The fourth-order valence-corrected chi connectivity index (χ4v) is 2.55. The molecule has 6 nitrogen and oxygen atoms in total. The highest BCUT2D eigenvalue weighted by Gasteiger charge is 2.20. The van der Waals surface area contributed by atoms with Crippen LogP contribution < -0.4 is 10.1 Å². The molecule has 2 aromatic rings. The number of amides is 2. The second-order valence-electron chi connectivity index (χ2n) is 5.91. The Morgan fingerprint density at radius 3 is 2.65 bits per heavy atom. The second kappa shape index (κ2) is 8.64. The predicted octanol–water partition coefficient (Wildman–Crippen LogP) is 3.50. The van der Waals surface area contributed by atoms with E-state index < -0.39 is 5.82 Å². The zero-order valence-corrected chi connectivity index (χ0v) is 14.5. The maximum atomic E-state index is 13.8. The summed E-state index contributed by atoms with van der Waals surface area (Å²) in [4.78, 5) is 14.0. The van der Waals surface area contributed by atoms with Gasteiger partial charge in [-0.15, -0.1) is 0 Å². The lowest BCUT2D eigenvalue weighted by Crippen LogP contribution is -2.42. The summed E-state index contributed by atoms with van der Waals surface area (Å²) < 4.78 is 30.3. The Kier molecular flexibility index (Phi) is 6.04. The summed E-state index contributed by atoms with van der Waals surface area (Å²) >= 11 is 0. The van der Waals surface area contributed by atoms with E-state index in [2.05, 4.69) is 5.32 Å². The molecule has 0 saturated carbocycles. The Morgan fingerprint density at radius 2 is 1.92 bits per heavy atom. The summed E-state index contributed by atoms with van der Waals surface area (Å²) in [6, 6.07) is 12.7. The first-order valence-electron chi connectivity index (χ1n) is 8.36. The molecule has 1 N–H and O–H groups in total. The van der Waals surface area contributed by atoms with Gasteiger partial charge in [0, 0.05) is 7.05 Å². The van der Waals surface area contributed by atoms with Crippen LogP contribution in [0.2, 0.25) is 0 Å². The number of likely N-dealkylation sites (N-methyl/N-ethyl adjacent to an activating group) is 1. The van der Waals surface area contributed by atoms with Crippen LogP contribution in [0.15, 0.2) is 48.5 Å². The van der Waals surface area contributed by atoms with Crippen LogP contribution in [-0.4, -0.2) is 50.4 Å². The molecular formula is C19H21FN2O4. The zero-order chi connectivity index (χ0) is 18.4. The monoisotopic (exact) mass is 360 g/mol. The Hall–Kier alpha value is -2.64. The van der Waals surface area contributed by atoms with Crippen LogP contribution in [0, 0.1) is 5.82 Å². The molecule has 138 valence electrons. The van der Waals surface area contributed by atoms with Crippen molar-refractivity contribution in [3.63, 3.8) is 0 Å². The smallest absolute Gasteiger partial charge is 0.321 e. The van der Waals surface area contributed by atoms with Gasteiger partial charge in [-0.25, -0.2) is 9.18 Å². The number of urea groups is 1. The Labute approximate surface area is 151 Å². The van der Waals surface area contributed by atoms with Crippen molar-refractivity contribution in [3.05, 3.63) is 54.3 Å². The molecule has 0 radical (unpaired) electrons. The van der Waals surface area contributed by atoms with E-state index in [1.165, 1.54) is 17.0 Å². The minimum atomic E-state index is -0.472. The summed E-state index contributed by atoms with van der Waals surface area (Å²) in [6.07, 6.45) is -0.149. The van der Waals surface area contributed by atoms with Gasteiger partial charge in [-0.1, -0.05) is 24.3 Å². The maximum Gasteiger partial charge on any atom is 0.321 e. The molecule has 1 fully saturated rings. The van der Waals surface area contributed by atoms with Gasteiger partial charge >= 0.3 is 6.03 Å². The van der Waals surface area contributed by atoms with Gasteiger partial charge in [0.15, 0.2) is 17.3 Å². The van der Waals surface area contributed by atoms with E-state index in [0.29, 0.717) is 37.8 Å². The molecule has 7 heteroatoms. The molecule has 1 saturated heterocycles. The van der Waals surface area contributed by atoms with E-state index in [4.69, 9.17) is 14.2 Å². The summed E-state index contributed by atoms with van der Waals surface area (Å²) in [6.45, 7) is 1.97. The molecule has 0 aliphatic carbocycles. The lowest BCUT2D eigenvalue weighted by Gasteiger charge is -2.27. The van der Waals surface area contributed by atoms with Gasteiger partial charge in [0.2, 0.25) is 0 Å². The number of benzene rings is 2. The average Bonchev–Trinajstić information content (AvgIpc) is 2.66. The Morgan fingerprint density at radius 1 is 1.19 bits per heavy atom. The largest absolute Gasteiger partial charge is 0.452 e. The van der Waals surface area contributed by atoms with Crippen molar-refractivity contribution in [2.24, 2.45) is 0 Å². The molecule has 2 aromatic carbocycles. The van der Waals surface area contributed by atoms with Crippen LogP contribution in [0.5, 0.6) is 11.5 Å². The van der Waals surface area contributed by atoms with Crippen molar-refractivity contribution >= 4 is 11.7 Å². The highest BCUT2D eigenvalue weighted by atomic mass is 19.1. The molecule has 0 aromatic heterocycles. The SMILES string of the molecule is CN(CC1COCCO1)C(=O)Nc1ccccc1Oc1ccccc1F. The van der Waals surface area contributed by atoms with Crippen LogP contribution >= 0.6 is 0 Å². The minimum absolute atomic E-state index is 0.0929. The minimum Gasteiger partial charge on any atom is -0.452 e. The number of halogens is 1. The van der Waals surface area contributed by atoms with Crippen LogP contribution in [0.1, 0.15) is 0 Å². The molecule has 1 atom stereocenters. The van der Waals surface area contributed by atoms with E-state index in [9.17, 15) is 9.18 Å². The van der Waals surface area contributed by atoms with E-state index in [1.54, 1.807) is 43.4 Å². The fraction of sp³-hybridized carbons (Fsp3) is 0.316. The van der Waals surface area contributed by atoms with Gasteiger partial charge in [0.05, 0.1) is 38.2 Å². The molecule has 2 amide bonds. The number of hydrogen-bond donors (Lipinski definition) is 1. The van der Waals surface area contributed by atoms with Crippen molar-refractivity contribution < 1.29 is 23.4 Å². The van der Waals surface area contributed by atoms with Crippen molar-refractivity contribution in [2.75, 3.05) is 38.7 Å². The number of nitrogens with zero attached hydrogens (tertiary/aromatic N) is 1. The second-order valence-corrected chi connectivity index (χ2v) is 5.91. The highest BCUT2D eigenvalue weighted by molar-refractivity contribution is 5.90. The number of ether oxygens (including phenoxy) is 3. The van der Waals surface area contributed by atoms with Gasteiger partial charge < -0.3 is 24.4 Å². The first kappa shape index (κ1) is 18.2. The van der Waals surface area contributed by atoms with E-state index >= 15 is 0 Å². The normalized spacial score (nSPS) is 16.8. The molecule has 26 heavy (non-hydrogen) atoms. The van der Waals surface area contributed by atoms with E-state index in [1.807, 2.05) is 0 Å². The standard InChI is InChI=1S/C19H21FN2O4/c1-22(12-14-13-24-10-11-25-14)19(23)21-16-7-3-5-9-18(16)26-17-8-4-2-6-15(17)20/h2-9,14H,10-13H2,1H3,(H,21,23). The number of para-hydroxylation sites is 3. The lowest BCUT2D eigenvalue weighted by molar-refractivity contribution is -0.0925. The molecule has 1 aliphatic heterocycles. The van der Waals surface area contributed by atoms with Crippen molar-refractivity contribution in [1.82, 2.24) is 4.90 Å². The quantitative estimate of drug-likeness (QED) is 0.887. The van der Waals surface area contributed by atoms with Gasteiger partial charge in [-0.05, 0) is 24.3 Å². The van der Waals surface area contributed by atoms with Crippen LogP contribution in [0.25, 0.3) is 0 Å². The number of nitrogens with one attached hydrogen (secondary N) is 1. The first-order valence-corrected chi connectivity index (χ1v) is 8.36. The summed E-state index contributed by atoms with van der Waals surface area (Å²) in [7, 11) is 1.67. The van der Waals surface area contributed by atoms with Gasteiger partial charge in [0.25, 0.3) is 0 Å². The van der Waals surface area contributed by atoms with E-state index in [-0.39, 0.29) is 17.9 Å². The molecular weight excluding hydrogens is 339 g/mol. The van der Waals surface area contributed by atoms with Crippen molar-refractivity contribution in [3.8, 4) is 11.5 Å². The third-order valence-electron chi connectivity index (χ3n) is 3.89. The van der Waals surface area contributed by atoms with Crippen LogP contribution in [0.4, 0.5) is 14.9 Å². The van der Waals surface area contributed by atoms with Gasteiger partial charge in [0.1, 0.15) is 0 Å². The third-order valence-corrected chi connectivity index (χ3v) is 3.89. The van der Waals surface area contributed by atoms with Crippen LogP contribution in [0.3, 0.4) is 0 Å².